The van der Waals surface area contributed by atoms with Crippen molar-refractivity contribution in [2.24, 2.45) is 0 Å². The zero-order chi connectivity index (χ0) is 14.2. The van der Waals surface area contributed by atoms with Crippen molar-refractivity contribution in [2.75, 3.05) is 13.7 Å². The smallest absolute Gasteiger partial charge is 0.119 e. The molecule has 0 aliphatic heterocycles. The number of benzene rings is 1. The maximum Gasteiger partial charge on any atom is 0.119 e. The molecule has 112 valence electrons. The van der Waals surface area contributed by atoms with Crippen LogP contribution < -0.4 is 10.1 Å². The lowest BCUT2D eigenvalue weighted by Gasteiger charge is -2.25. The van der Waals surface area contributed by atoms with Crippen LogP contribution in [0.3, 0.4) is 0 Å². The summed E-state index contributed by atoms with van der Waals surface area (Å²) in [5.74, 6) is 1.05. The fraction of sp³-hybridized carbons (Fsp3) is 0.667. The number of unbranched alkanes of at least 4 members (excludes halogenated alkanes) is 4. The van der Waals surface area contributed by atoms with Crippen molar-refractivity contribution in [3.8, 4) is 5.75 Å². The van der Waals surface area contributed by atoms with Crippen LogP contribution in [0.2, 0.25) is 0 Å². The molecule has 0 heterocycles. The summed E-state index contributed by atoms with van der Waals surface area (Å²) in [6.07, 6.45) is 10.2. The van der Waals surface area contributed by atoms with E-state index in [0.717, 1.165) is 12.4 Å². The molecule has 0 amide bonds. The molecule has 1 aliphatic carbocycles. The van der Waals surface area contributed by atoms with E-state index in [2.05, 4.69) is 37.5 Å². The topological polar surface area (TPSA) is 21.3 Å². The van der Waals surface area contributed by atoms with Crippen LogP contribution in [0.25, 0.3) is 0 Å². The molecule has 1 aromatic carbocycles. The zero-order valence-electron chi connectivity index (χ0n) is 13.1. The van der Waals surface area contributed by atoms with Crippen LogP contribution in [0, 0.1) is 0 Å². The molecule has 1 N–H and O–H groups in total. The van der Waals surface area contributed by atoms with E-state index in [-0.39, 0.29) is 0 Å². The van der Waals surface area contributed by atoms with Crippen LogP contribution in [0.15, 0.2) is 18.2 Å². The predicted octanol–water partition coefficient (Wildman–Crippen LogP) is 4.63. The number of rotatable bonds is 8. The first kappa shape index (κ1) is 15.4. The Kier molecular flexibility index (Phi) is 6.38. The van der Waals surface area contributed by atoms with Gasteiger partial charge in [0.1, 0.15) is 5.75 Å². The molecule has 1 atom stereocenters. The average Bonchev–Trinajstić information content (AvgIpc) is 2.50. The van der Waals surface area contributed by atoms with Gasteiger partial charge in [-0.1, -0.05) is 38.7 Å². The van der Waals surface area contributed by atoms with Gasteiger partial charge in [-0.25, -0.2) is 0 Å². The minimum absolute atomic E-state index is 0.529. The first-order chi connectivity index (χ1) is 9.85. The lowest BCUT2D eigenvalue weighted by Crippen LogP contribution is -2.21. The van der Waals surface area contributed by atoms with E-state index in [1.54, 1.807) is 0 Å². The van der Waals surface area contributed by atoms with Crippen molar-refractivity contribution in [1.82, 2.24) is 5.32 Å². The molecule has 2 nitrogen and oxygen atoms in total. The molecule has 2 heteroatoms. The van der Waals surface area contributed by atoms with E-state index in [9.17, 15) is 0 Å². The van der Waals surface area contributed by atoms with E-state index in [4.69, 9.17) is 4.74 Å². The van der Waals surface area contributed by atoms with E-state index in [1.165, 1.54) is 62.5 Å². The Morgan fingerprint density at radius 3 is 2.85 bits per heavy atom. The molecule has 2 rings (SSSR count). The van der Waals surface area contributed by atoms with Gasteiger partial charge in [0.05, 0.1) is 6.61 Å². The van der Waals surface area contributed by atoms with Crippen molar-refractivity contribution in [3.63, 3.8) is 0 Å². The summed E-state index contributed by atoms with van der Waals surface area (Å²) >= 11 is 0. The van der Waals surface area contributed by atoms with Gasteiger partial charge in [0, 0.05) is 6.04 Å². The Balaban J connectivity index is 1.82. The quantitative estimate of drug-likeness (QED) is 0.698. The third kappa shape index (κ3) is 4.24. The third-order valence-corrected chi connectivity index (χ3v) is 4.29. The second kappa shape index (κ2) is 8.31. The summed E-state index contributed by atoms with van der Waals surface area (Å²) < 4.78 is 5.90. The minimum Gasteiger partial charge on any atom is -0.494 e. The first-order valence-electron chi connectivity index (χ1n) is 8.28. The van der Waals surface area contributed by atoms with E-state index >= 15 is 0 Å². The second-order valence-electron chi connectivity index (χ2n) is 5.86. The van der Waals surface area contributed by atoms with Gasteiger partial charge in [-0.15, -0.1) is 0 Å². The van der Waals surface area contributed by atoms with E-state index in [0.29, 0.717) is 6.04 Å². The molecule has 0 radical (unpaired) electrons. The van der Waals surface area contributed by atoms with Crippen LogP contribution in [0.5, 0.6) is 5.75 Å². The number of nitrogens with one attached hydrogen (secondary N) is 1. The van der Waals surface area contributed by atoms with Gasteiger partial charge in [-0.2, -0.15) is 0 Å². The van der Waals surface area contributed by atoms with Crippen molar-refractivity contribution in [3.05, 3.63) is 29.3 Å². The molecule has 0 spiro atoms. The Morgan fingerprint density at radius 1 is 1.20 bits per heavy atom. The standard InChI is InChI=1S/C18H29NO/c1-3-4-5-6-7-13-20-16-11-12-17-15(14-16)9-8-10-18(17)19-2/h11-12,14,18-19H,3-10,13H2,1-2H3. The van der Waals surface area contributed by atoms with Crippen LogP contribution in [0.1, 0.15) is 69.0 Å². The Morgan fingerprint density at radius 2 is 2.05 bits per heavy atom. The Bertz CT molecular complexity index is 402. The summed E-state index contributed by atoms with van der Waals surface area (Å²) in [7, 11) is 2.06. The van der Waals surface area contributed by atoms with Crippen molar-refractivity contribution in [1.29, 1.82) is 0 Å². The highest BCUT2D eigenvalue weighted by molar-refractivity contribution is 5.39. The Hall–Kier alpha value is -1.02. The highest BCUT2D eigenvalue weighted by Gasteiger charge is 2.18. The molecule has 0 bridgehead atoms. The summed E-state index contributed by atoms with van der Waals surface area (Å²) in [6.45, 7) is 3.11. The summed E-state index contributed by atoms with van der Waals surface area (Å²) in [4.78, 5) is 0. The first-order valence-corrected chi connectivity index (χ1v) is 8.28. The van der Waals surface area contributed by atoms with Crippen LogP contribution in [-0.4, -0.2) is 13.7 Å². The van der Waals surface area contributed by atoms with Crippen molar-refractivity contribution < 1.29 is 4.74 Å². The molecule has 0 aromatic heterocycles. The highest BCUT2D eigenvalue weighted by Crippen LogP contribution is 2.31. The molecule has 1 aromatic rings. The number of ether oxygens (including phenoxy) is 1. The molecule has 1 aliphatic rings. The van der Waals surface area contributed by atoms with Gasteiger partial charge >= 0.3 is 0 Å². The van der Waals surface area contributed by atoms with Gasteiger partial charge < -0.3 is 10.1 Å². The molecule has 0 saturated heterocycles. The summed E-state index contributed by atoms with van der Waals surface area (Å²) in [6, 6.07) is 7.18. The van der Waals surface area contributed by atoms with Crippen molar-refractivity contribution in [2.45, 2.75) is 64.3 Å². The largest absolute Gasteiger partial charge is 0.494 e. The number of hydrogen-bond acceptors (Lipinski definition) is 2. The fourth-order valence-corrected chi connectivity index (χ4v) is 3.08. The third-order valence-electron chi connectivity index (χ3n) is 4.29. The molecule has 0 saturated carbocycles. The van der Waals surface area contributed by atoms with Gasteiger partial charge in [-0.05, 0) is 56.0 Å². The predicted molar refractivity (Wildman–Crippen MR) is 85.4 cm³/mol. The maximum atomic E-state index is 5.90. The van der Waals surface area contributed by atoms with Gasteiger partial charge in [0.15, 0.2) is 0 Å². The SMILES string of the molecule is CCCCCCCOc1ccc2c(c1)CCCC2NC. The molecular weight excluding hydrogens is 246 g/mol. The van der Waals surface area contributed by atoms with Gasteiger partial charge in [0.2, 0.25) is 0 Å². The number of aryl methyl sites for hydroxylation is 1. The molecule has 20 heavy (non-hydrogen) atoms. The molecular formula is C18H29NO. The normalized spacial score (nSPS) is 17.8. The van der Waals surface area contributed by atoms with E-state index < -0.39 is 0 Å². The Labute approximate surface area is 123 Å². The summed E-state index contributed by atoms with van der Waals surface area (Å²) in [5.41, 5.74) is 2.94. The lowest BCUT2D eigenvalue weighted by molar-refractivity contribution is 0.304. The fourth-order valence-electron chi connectivity index (χ4n) is 3.08. The van der Waals surface area contributed by atoms with Gasteiger partial charge in [0.25, 0.3) is 0 Å². The lowest BCUT2D eigenvalue weighted by atomic mass is 9.87. The average molecular weight is 275 g/mol. The van der Waals surface area contributed by atoms with Crippen molar-refractivity contribution >= 4 is 0 Å². The summed E-state index contributed by atoms with van der Waals surface area (Å²) in [5, 5.41) is 3.41. The second-order valence-corrected chi connectivity index (χ2v) is 5.86. The molecule has 0 fully saturated rings. The minimum atomic E-state index is 0.529. The molecule has 1 unspecified atom stereocenters. The van der Waals surface area contributed by atoms with Gasteiger partial charge in [-0.3, -0.25) is 0 Å². The maximum absolute atomic E-state index is 5.90. The zero-order valence-corrected chi connectivity index (χ0v) is 13.1. The number of hydrogen-bond donors (Lipinski definition) is 1. The van der Waals surface area contributed by atoms with E-state index in [1.807, 2.05) is 0 Å². The monoisotopic (exact) mass is 275 g/mol. The number of fused-ring (bicyclic) bond motifs is 1. The van der Waals surface area contributed by atoms with Crippen LogP contribution in [0.4, 0.5) is 0 Å². The van der Waals surface area contributed by atoms with Crippen LogP contribution in [-0.2, 0) is 6.42 Å². The van der Waals surface area contributed by atoms with Crippen LogP contribution >= 0.6 is 0 Å². The highest BCUT2D eigenvalue weighted by atomic mass is 16.5.